The van der Waals surface area contributed by atoms with E-state index in [1.807, 2.05) is 13.0 Å². The third-order valence-corrected chi connectivity index (χ3v) is 7.38. The van der Waals surface area contributed by atoms with Crippen molar-refractivity contribution < 1.29 is 23.4 Å². The molecule has 6 nitrogen and oxygen atoms in total. The van der Waals surface area contributed by atoms with E-state index >= 15 is 4.39 Å². The molecule has 36 heavy (non-hydrogen) atoms. The number of nitrogens with one attached hydrogen (secondary N) is 1. The molecule has 0 bridgehead atoms. The topological polar surface area (TPSA) is 81.5 Å². The summed E-state index contributed by atoms with van der Waals surface area (Å²) in [6.07, 6.45) is 3.53. The molecule has 5 rings (SSSR count). The number of halogens is 3. The average molecular weight is 501 g/mol. The molecule has 1 aliphatic carbocycles. The van der Waals surface area contributed by atoms with E-state index in [4.69, 9.17) is 10.1 Å². The maximum atomic E-state index is 15.1. The van der Waals surface area contributed by atoms with Crippen LogP contribution in [0, 0.1) is 12.7 Å². The molecule has 1 saturated heterocycles. The van der Waals surface area contributed by atoms with Gasteiger partial charge in [-0.2, -0.15) is 8.78 Å². The summed E-state index contributed by atoms with van der Waals surface area (Å²) < 4.78 is 43.3. The molecule has 0 unspecified atom stereocenters. The first-order valence-electron chi connectivity index (χ1n) is 12.4. The Balaban J connectivity index is 1.58. The number of aliphatic hydroxyl groups excluding tert-OH is 1. The van der Waals surface area contributed by atoms with Crippen LogP contribution in [0.5, 0.6) is 0 Å². The van der Waals surface area contributed by atoms with Crippen molar-refractivity contribution in [2.24, 2.45) is 0 Å². The number of rotatable bonds is 6. The van der Waals surface area contributed by atoms with E-state index in [0.717, 1.165) is 48.5 Å². The normalized spacial score (nSPS) is 20.7. The second kappa shape index (κ2) is 8.88. The molecule has 192 valence electrons. The van der Waals surface area contributed by atoms with Gasteiger partial charge in [-0.3, -0.25) is 0 Å². The lowest BCUT2D eigenvalue weighted by atomic mass is 9.99. The zero-order valence-corrected chi connectivity index (χ0v) is 20.7. The summed E-state index contributed by atoms with van der Waals surface area (Å²) in [7, 11) is 0. The fraction of sp³-hybridized carbons (Fsp3) is 0.481. The van der Waals surface area contributed by atoms with Gasteiger partial charge in [0.25, 0.3) is 5.92 Å². The smallest absolute Gasteiger partial charge is 0.298 e. The minimum Gasteiger partial charge on any atom is -0.390 e. The number of benzene rings is 2. The number of aromatic nitrogens is 2. The number of nitrogens with zero attached hydrogens (tertiary/aromatic N) is 3. The van der Waals surface area contributed by atoms with Crippen molar-refractivity contribution in [1.29, 1.82) is 0 Å². The number of β-amino-alcohol motifs (C(OH)–C–C–N with tert-alkyl or cyclic N) is 1. The molecular formula is C27H31F3N4O2. The standard InChI is InChI=1S/C27H31F3N4O2/c1-15(17-6-5-9-21(23(17)28)27(29,30)14-35)31-25-20-12-22(34-11-10-26(3,36)13-34)18-7-4-8-19(18)24(20)32-16(2)33-25/h5-6,9,12,15,35-36H,4,7-8,10-11,13-14H2,1-3H3,(H,31,32,33)/t15-,26+/m1/s1. The van der Waals surface area contributed by atoms with Crippen LogP contribution in [-0.2, 0) is 18.8 Å². The Morgan fingerprint density at radius 3 is 2.67 bits per heavy atom. The second-order valence-corrected chi connectivity index (χ2v) is 10.3. The lowest BCUT2D eigenvalue weighted by Gasteiger charge is -2.25. The average Bonchev–Trinajstić information content (AvgIpc) is 3.45. The van der Waals surface area contributed by atoms with Crippen molar-refractivity contribution in [2.45, 2.75) is 64.0 Å². The maximum absolute atomic E-state index is 15.1. The summed E-state index contributed by atoms with van der Waals surface area (Å²) in [6, 6.07) is 5.18. The molecule has 3 aromatic rings. The Hall–Kier alpha value is -2.91. The number of hydrogen-bond acceptors (Lipinski definition) is 6. The quantitative estimate of drug-likeness (QED) is 0.452. The van der Waals surface area contributed by atoms with Gasteiger partial charge in [0.05, 0.1) is 22.7 Å². The number of alkyl halides is 2. The van der Waals surface area contributed by atoms with E-state index in [1.165, 1.54) is 23.3 Å². The van der Waals surface area contributed by atoms with Crippen LogP contribution in [-0.4, -0.2) is 45.5 Å². The Morgan fingerprint density at radius 1 is 1.22 bits per heavy atom. The minimum atomic E-state index is -3.68. The number of hydrogen-bond donors (Lipinski definition) is 3. The molecule has 2 aliphatic rings. The SMILES string of the molecule is Cc1nc(N[C@H](C)c2cccc(C(F)(F)CO)c2F)c2cc(N3CC[C@](C)(O)C3)c3c(c2n1)CCC3. The lowest BCUT2D eigenvalue weighted by molar-refractivity contribution is -0.0583. The first-order chi connectivity index (χ1) is 17.0. The predicted molar refractivity (Wildman–Crippen MR) is 133 cm³/mol. The first-order valence-corrected chi connectivity index (χ1v) is 12.4. The molecule has 0 saturated carbocycles. The molecule has 1 fully saturated rings. The van der Waals surface area contributed by atoms with Crippen LogP contribution >= 0.6 is 0 Å². The molecule has 0 amide bonds. The monoisotopic (exact) mass is 500 g/mol. The molecule has 1 aliphatic heterocycles. The first kappa shape index (κ1) is 24.8. The zero-order chi connectivity index (χ0) is 25.8. The fourth-order valence-electron chi connectivity index (χ4n) is 5.54. The predicted octanol–water partition coefficient (Wildman–Crippen LogP) is 4.78. The second-order valence-electron chi connectivity index (χ2n) is 10.3. The van der Waals surface area contributed by atoms with Gasteiger partial charge in [0.2, 0.25) is 0 Å². The van der Waals surface area contributed by atoms with Gasteiger partial charge in [-0.1, -0.05) is 12.1 Å². The van der Waals surface area contributed by atoms with Crippen molar-refractivity contribution >= 4 is 22.4 Å². The fourth-order valence-corrected chi connectivity index (χ4v) is 5.54. The molecule has 1 aromatic heterocycles. The Kier molecular flexibility index (Phi) is 6.11. The van der Waals surface area contributed by atoms with Crippen LogP contribution in [0.2, 0.25) is 0 Å². The third kappa shape index (κ3) is 4.28. The van der Waals surface area contributed by atoms with E-state index in [2.05, 4.69) is 15.2 Å². The largest absolute Gasteiger partial charge is 0.390 e. The molecule has 0 radical (unpaired) electrons. The summed E-state index contributed by atoms with van der Waals surface area (Å²) in [5, 5.41) is 23.6. The van der Waals surface area contributed by atoms with Gasteiger partial charge in [-0.05, 0) is 69.7 Å². The highest BCUT2D eigenvalue weighted by atomic mass is 19.3. The summed E-state index contributed by atoms with van der Waals surface area (Å²) in [4.78, 5) is 11.5. The van der Waals surface area contributed by atoms with E-state index in [-0.39, 0.29) is 5.56 Å². The highest BCUT2D eigenvalue weighted by Crippen LogP contribution is 2.41. The number of fused-ring (bicyclic) bond motifs is 3. The van der Waals surface area contributed by atoms with Crippen LogP contribution in [0.4, 0.5) is 24.7 Å². The van der Waals surface area contributed by atoms with Crippen molar-refractivity contribution in [3.05, 3.63) is 58.2 Å². The van der Waals surface area contributed by atoms with Gasteiger partial charge in [0.1, 0.15) is 24.1 Å². The van der Waals surface area contributed by atoms with Crippen LogP contribution in [0.25, 0.3) is 10.9 Å². The van der Waals surface area contributed by atoms with Gasteiger partial charge in [0, 0.05) is 29.7 Å². The highest BCUT2D eigenvalue weighted by Gasteiger charge is 2.36. The van der Waals surface area contributed by atoms with Crippen molar-refractivity contribution in [2.75, 3.05) is 29.9 Å². The van der Waals surface area contributed by atoms with E-state index < -0.39 is 35.6 Å². The number of anilines is 2. The van der Waals surface area contributed by atoms with Crippen molar-refractivity contribution in [1.82, 2.24) is 9.97 Å². The molecule has 3 N–H and O–H groups in total. The van der Waals surface area contributed by atoms with E-state index in [1.54, 1.807) is 13.8 Å². The zero-order valence-electron chi connectivity index (χ0n) is 20.7. The van der Waals surface area contributed by atoms with Gasteiger partial charge < -0.3 is 20.4 Å². The molecule has 2 aromatic carbocycles. The van der Waals surface area contributed by atoms with Crippen LogP contribution in [0.3, 0.4) is 0 Å². The Labute approximate surface area is 208 Å². The maximum Gasteiger partial charge on any atom is 0.298 e. The molecule has 0 spiro atoms. The Morgan fingerprint density at radius 2 is 1.97 bits per heavy atom. The van der Waals surface area contributed by atoms with Crippen molar-refractivity contribution in [3.8, 4) is 0 Å². The van der Waals surface area contributed by atoms with Crippen LogP contribution in [0.15, 0.2) is 24.3 Å². The highest BCUT2D eigenvalue weighted by molar-refractivity contribution is 5.96. The molecular weight excluding hydrogens is 469 g/mol. The summed E-state index contributed by atoms with van der Waals surface area (Å²) >= 11 is 0. The molecule has 2 atom stereocenters. The van der Waals surface area contributed by atoms with Gasteiger partial charge in [-0.25, -0.2) is 14.4 Å². The number of aryl methyl sites for hydroxylation is 2. The molecule has 2 heterocycles. The van der Waals surface area contributed by atoms with Gasteiger partial charge in [-0.15, -0.1) is 0 Å². The minimum absolute atomic E-state index is 0.0574. The van der Waals surface area contributed by atoms with Crippen molar-refractivity contribution in [3.63, 3.8) is 0 Å². The molecule has 9 heteroatoms. The number of aliphatic hydroxyl groups is 2. The lowest BCUT2D eigenvalue weighted by Crippen LogP contribution is -2.30. The van der Waals surface area contributed by atoms with E-state index in [9.17, 15) is 13.9 Å². The summed E-state index contributed by atoms with van der Waals surface area (Å²) in [5.41, 5.74) is 2.81. The van der Waals surface area contributed by atoms with Crippen LogP contribution < -0.4 is 10.2 Å². The Bertz CT molecular complexity index is 1330. The van der Waals surface area contributed by atoms with Gasteiger partial charge in [0.15, 0.2) is 0 Å². The van der Waals surface area contributed by atoms with E-state index in [0.29, 0.717) is 24.6 Å². The van der Waals surface area contributed by atoms with Gasteiger partial charge >= 0.3 is 0 Å². The summed E-state index contributed by atoms with van der Waals surface area (Å²) in [5.74, 6) is -3.66. The van der Waals surface area contributed by atoms with Crippen LogP contribution in [0.1, 0.15) is 60.8 Å². The summed E-state index contributed by atoms with van der Waals surface area (Å²) in [6.45, 7) is 5.14. The third-order valence-electron chi connectivity index (χ3n) is 7.38.